The third-order valence-corrected chi connectivity index (χ3v) is 7.67. The number of carbonyl (C=O) groups is 1. The topological polar surface area (TPSA) is 62.2 Å². The largest absolute Gasteiger partial charge is 0.335 e. The molecule has 1 saturated heterocycles. The Morgan fingerprint density at radius 2 is 1.81 bits per heavy atom. The quantitative estimate of drug-likeness (QED) is 0.651. The fourth-order valence-corrected chi connectivity index (χ4v) is 5.88. The molecule has 1 saturated carbocycles. The van der Waals surface area contributed by atoms with Crippen molar-refractivity contribution in [3.8, 4) is 11.3 Å². The molecule has 2 aliphatic heterocycles. The van der Waals surface area contributed by atoms with Gasteiger partial charge in [0.25, 0.3) is 0 Å². The Kier molecular flexibility index (Phi) is 4.57. The van der Waals surface area contributed by atoms with Crippen molar-refractivity contribution in [1.29, 1.82) is 0 Å². The summed E-state index contributed by atoms with van der Waals surface area (Å²) in [5.41, 5.74) is 5.93. The number of nitrogens with one attached hydrogen (secondary N) is 2. The second-order valence-electron chi connectivity index (χ2n) is 9.63. The van der Waals surface area contributed by atoms with Crippen LogP contribution in [0.4, 0.5) is 10.5 Å². The monoisotopic (exact) mass is 427 g/mol. The number of imidazole rings is 1. The van der Waals surface area contributed by atoms with Gasteiger partial charge >= 0.3 is 6.03 Å². The van der Waals surface area contributed by atoms with E-state index in [4.69, 9.17) is 0 Å². The molecule has 164 valence electrons. The highest BCUT2D eigenvalue weighted by Crippen LogP contribution is 2.54. The average Bonchev–Trinajstić information content (AvgIpc) is 3.36. The van der Waals surface area contributed by atoms with Crippen molar-refractivity contribution in [2.24, 2.45) is 0 Å². The first-order chi connectivity index (χ1) is 15.6. The highest BCUT2D eigenvalue weighted by molar-refractivity contribution is 5.89. The number of hydrogen-bond acceptors (Lipinski definition) is 3. The number of urea groups is 1. The van der Waals surface area contributed by atoms with Crippen LogP contribution in [-0.4, -0.2) is 46.7 Å². The lowest BCUT2D eigenvalue weighted by Gasteiger charge is -2.47. The lowest BCUT2D eigenvalue weighted by molar-refractivity contribution is 0.149. The van der Waals surface area contributed by atoms with E-state index in [1.54, 1.807) is 0 Å². The number of anilines is 1. The van der Waals surface area contributed by atoms with Crippen LogP contribution in [0, 0.1) is 0 Å². The van der Waals surface area contributed by atoms with E-state index in [9.17, 15) is 4.79 Å². The molecule has 1 aromatic heterocycles. The zero-order valence-corrected chi connectivity index (χ0v) is 18.4. The number of rotatable bonds is 3. The van der Waals surface area contributed by atoms with Crippen molar-refractivity contribution in [2.45, 2.75) is 43.2 Å². The molecule has 6 rings (SSSR count). The van der Waals surface area contributed by atoms with E-state index in [2.05, 4.69) is 68.5 Å². The van der Waals surface area contributed by atoms with Crippen molar-refractivity contribution < 1.29 is 4.79 Å². The standard InChI is InChI=1S/C26H29N5O/c1-30-12-10-19(11-13-30)18-6-8-20(9-7-18)28-25(32)29-21-14-26(15-21)23-5-3-2-4-22(23)24-16-27-17-31(24)26/h2-9,16-17,19,21H,10-15H2,1H3,(H2,28,29,32). The Morgan fingerprint density at radius 3 is 2.59 bits per heavy atom. The molecule has 0 atom stereocenters. The summed E-state index contributed by atoms with van der Waals surface area (Å²) in [6.45, 7) is 2.31. The van der Waals surface area contributed by atoms with Gasteiger partial charge in [-0.25, -0.2) is 9.78 Å². The van der Waals surface area contributed by atoms with Gasteiger partial charge in [0.2, 0.25) is 0 Å². The Labute approximate surface area is 188 Å². The normalized spacial score (nSPS) is 24.6. The highest BCUT2D eigenvalue weighted by atomic mass is 16.2. The predicted molar refractivity (Wildman–Crippen MR) is 126 cm³/mol. The van der Waals surface area contributed by atoms with Gasteiger partial charge in [0.15, 0.2) is 0 Å². The third kappa shape index (κ3) is 3.13. The highest BCUT2D eigenvalue weighted by Gasteiger charge is 2.52. The molecule has 3 heterocycles. The first-order valence-corrected chi connectivity index (χ1v) is 11.6. The van der Waals surface area contributed by atoms with E-state index in [1.807, 2.05) is 24.7 Å². The van der Waals surface area contributed by atoms with Gasteiger partial charge in [-0.15, -0.1) is 0 Å². The number of piperidine rings is 1. The summed E-state index contributed by atoms with van der Waals surface area (Å²) in [6, 6.07) is 17.0. The number of fused-ring (bicyclic) bond motifs is 5. The number of benzene rings is 2. The molecule has 2 amide bonds. The van der Waals surface area contributed by atoms with Crippen LogP contribution < -0.4 is 10.6 Å². The molecule has 32 heavy (non-hydrogen) atoms. The maximum Gasteiger partial charge on any atom is 0.319 e. The van der Waals surface area contributed by atoms with Crippen molar-refractivity contribution in [1.82, 2.24) is 19.8 Å². The maximum atomic E-state index is 12.6. The molecule has 1 spiro atoms. The molecule has 2 aromatic carbocycles. The van der Waals surface area contributed by atoms with E-state index < -0.39 is 0 Å². The van der Waals surface area contributed by atoms with Crippen LogP contribution >= 0.6 is 0 Å². The van der Waals surface area contributed by atoms with E-state index in [1.165, 1.54) is 35.2 Å². The van der Waals surface area contributed by atoms with E-state index in [0.29, 0.717) is 5.92 Å². The molecular formula is C26H29N5O. The third-order valence-electron chi connectivity index (χ3n) is 7.67. The molecule has 1 aliphatic carbocycles. The van der Waals surface area contributed by atoms with Gasteiger partial charge < -0.3 is 20.1 Å². The molecule has 6 nitrogen and oxygen atoms in total. The Morgan fingerprint density at radius 1 is 1.06 bits per heavy atom. The minimum Gasteiger partial charge on any atom is -0.335 e. The van der Waals surface area contributed by atoms with Crippen LogP contribution in [0.5, 0.6) is 0 Å². The molecule has 2 N–H and O–H groups in total. The molecular weight excluding hydrogens is 398 g/mol. The van der Waals surface area contributed by atoms with Crippen molar-refractivity contribution in [3.05, 3.63) is 72.2 Å². The number of amides is 2. The minimum absolute atomic E-state index is 0.0733. The summed E-state index contributed by atoms with van der Waals surface area (Å²) in [7, 11) is 2.19. The number of nitrogens with zero attached hydrogens (tertiary/aromatic N) is 3. The maximum absolute atomic E-state index is 12.6. The zero-order valence-electron chi connectivity index (χ0n) is 18.4. The Bertz CT molecular complexity index is 1140. The molecule has 0 bridgehead atoms. The summed E-state index contributed by atoms with van der Waals surface area (Å²) in [5, 5.41) is 6.18. The van der Waals surface area contributed by atoms with Gasteiger partial charge in [-0.2, -0.15) is 0 Å². The van der Waals surface area contributed by atoms with Crippen molar-refractivity contribution in [2.75, 3.05) is 25.5 Å². The van der Waals surface area contributed by atoms with Crippen molar-refractivity contribution in [3.63, 3.8) is 0 Å². The van der Waals surface area contributed by atoms with Gasteiger partial charge in [-0.3, -0.25) is 0 Å². The lowest BCUT2D eigenvalue weighted by Crippen LogP contribution is -2.56. The second kappa shape index (κ2) is 7.48. The predicted octanol–water partition coefficient (Wildman–Crippen LogP) is 4.40. The first kappa shape index (κ1) is 19.6. The molecule has 0 unspecified atom stereocenters. The number of aromatic nitrogens is 2. The van der Waals surface area contributed by atoms with Gasteiger partial charge in [0, 0.05) is 17.3 Å². The van der Waals surface area contributed by atoms with E-state index >= 15 is 0 Å². The van der Waals surface area contributed by atoms with Crippen LogP contribution in [0.3, 0.4) is 0 Å². The summed E-state index contributed by atoms with van der Waals surface area (Å²) < 4.78 is 2.29. The summed E-state index contributed by atoms with van der Waals surface area (Å²) in [5.74, 6) is 0.627. The molecule has 3 aromatic rings. The lowest BCUT2D eigenvalue weighted by atomic mass is 9.68. The van der Waals surface area contributed by atoms with E-state index in [0.717, 1.165) is 31.6 Å². The van der Waals surface area contributed by atoms with Crippen LogP contribution in [0.1, 0.15) is 42.7 Å². The first-order valence-electron chi connectivity index (χ1n) is 11.6. The SMILES string of the molecule is CN1CCC(c2ccc(NC(=O)NC3CC4(C3)c3ccccc3-c3cncn34)cc2)CC1. The fraction of sp³-hybridized carbons (Fsp3) is 0.385. The molecule has 3 aliphatic rings. The number of hydrogen-bond donors (Lipinski definition) is 2. The number of likely N-dealkylation sites (tertiary alicyclic amines) is 1. The molecule has 0 radical (unpaired) electrons. The fourth-order valence-electron chi connectivity index (χ4n) is 5.88. The summed E-state index contributed by atoms with van der Waals surface area (Å²) in [6.07, 6.45) is 8.05. The van der Waals surface area contributed by atoms with Crippen LogP contribution in [0.25, 0.3) is 11.3 Å². The van der Waals surface area contributed by atoms with Gasteiger partial charge in [0.05, 0.1) is 23.8 Å². The summed E-state index contributed by atoms with van der Waals surface area (Å²) in [4.78, 5) is 19.4. The Balaban J connectivity index is 1.07. The van der Waals surface area contributed by atoms with Crippen molar-refractivity contribution >= 4 is 11.7 Å². The second-order valence-corrected chi connectivity index (χ2v) is 9.63. The van der Waals surface area contributed by atoms with E-state index in [-0.39, 0.29) is 17.6 Å². The van der Waals surface area contributed by atoms with Crippen LogP contribution in [-0.2, 0) is 5.54 Å². The summed E-state index contributed by atoms with van der Waals surface area (Å²) >= 11 is 0. The minimum atomic E-state index is -0.131. The molecule has 6 heteroatoms. The van der Waals surface area contributed by atoms with Gasteiger partial charge in [-0.1, -0.05) is 36.4 Å². The molecule has 2 fully saturated rings. The number of carbonyl (C=O) groups excluding carboxylic acids is 1. The average molecular weight is 428 g/mol. The van der Waals surface area contributed by atoms with Gasteiger partial charge in [0.1, 0.15) is 0 Å². The Hall–Kier alpha value is -3.12. The smallest absolute Gasteiger partial charge is 0.319 e. The zero-order chi connectivity index (χ0) is 21.7. The van der Waals surface area contributed by atoms with Crippen LogP contribution in [0.15, 0.2) is 61.1 Å². The van der Waals surface area contributed by atoms with Gasteiger partial charge in [-0.05, 0) is 75.0 Å². The van der Waals surface area contributed by atoms with Crippen LogP contribution in [0.2, 0.25) is 0 Å².